The normalized spacial score (nSPS) is 10.6. The lowest BCUT2D eigenvalue weighted by atomic mass is 10.0. The van der Waals surface area contributed by atoms with Gasteiger partial charge in [0.25, 0.3) is 0 Å². The highest BCUT2D eigenvalue weighted by Gasteiger charge is 2.11. The van der Waals surface area contributed by atoms with Gasteiger partial charge in [-0.1, -0.05) is 26.0 Å². The van der Waals surface area contributed by atoms with Crippen LogP contribution in [0.1, 0.15) is 25.3 Å². The number of pyridine rings is 1. The summed E-state index contributed by atoms with van der Waals surface area (Å²) in [6, 6.07) is 11.7. The van der Waals surface area contributed by atoms with Crippen molar-refractivity contribution in [2.75, 3.05) is 11.1 Å². The maximum Gasteiger partial charge on any atom is 0.248 e. The minimum absolute atomic E-state index is 0.291. The highest BCUT2D eigenvalue weighted by Crippen LogP contribution is 2.30. The molecule has 0 fully saturated rings. The van der Waals surface area contributed by atoms with Crippen LogP contribution in [0, 0.1) is 0 Å². The highest BCUT2D eigenvalue weighted by atomic mass is 16.5. The number of benzene rings is 1. The molecular weight excluding hydrogens is 302 g/mol. The summed E-state index contributed by atoms with van der Waals surface area (Å²) in [7, 11) is 0. The molecule has 2 heterocycles. The first-order chi connectivity index (χ1) is 11.6. The second-order valence-electron chi connectivity index (χ2n) is 5.63. The fraction of sp³-hybridized carbons (Fsp3) is 0.167. The molecule has 0 radical (unpaired) electrons. The number of ether oxygens (including phenoxy) is 1. The molecule has 3 aromatic rings. The van der Waals surface area contributed by atoms with Crippen LogP contribution in [0.3, 0.4) is 0 Å². The van der Waals surface area contributed by atoms with Gasteiger partial charge in [-0.05, 0) is 35.7 Å². The van der Waals surface area contributed by atoms with E-state index < -0.39 is 0 Å². The van der Waals surface area contributed by atoms with Gasteiger partial charge in [0.1, 0.15) is 17.8 Å². The van der Waals surface area contributed by atoms with E-state index in [1.807, 2.05) is 12.1 Å². The maximum atomic E-state index is 6.12. The number of nitrogens with two attached hydrogens (primary N) is 1. The van der Waals surface area contributed by atoms with Gasteiger partial charge in [0.15, 0.2) is 5.82 Å². The van der Waals surface area contributed by atoms with Gasteiger partial charge >= 0.3 is 0 Å². The molecule has 0 spiro atoms. The number of anilines is 3. The van der Waals surface area contributed by atoms with Gasteiger partial charge in [-0.15, -0.1) is 0 Å². The third-order valence-corrected chi connectivity index (χ3v) is 3.54. The van der Waals surface area contributed by atoms with Crippen LogP contribution in [0.15, 0.2) is 55.1 Å². The summed E-state index contributed by atoms with van der Waals surface area (Å²) in [5.41, 5.74) is 8.64. The van der Waals surface area contributed by atoms with Crippen molar-refractivity contribution in [3.8, 4) is 11.6 Å². The van der Waals surface area contributed by atoms with E-state index in [2.05, 4.69) is 46.2 Å². The molecule has 3 rings (SSSR count). The zero-order valence-corrected chi connectivity index (χ0v) is 13.6. The molecule has 6 nitrogen and oxygen atoms in total. The molecule has 0 saturated heterocycles. The van der Waals surface area contributed by atoms with E-state index in [1.165, 1.54) is 11.9 Å². The molecule has 0 aliphatic rings. The van der Waals surface area contributed by atoms with Crippen LogP contribution >= 0.6 is 0 Å². The molecule has 24 heavy (non-hydrogen) atoms. The Bertz CT molecular complexity index is 803. The molecule has 0 aliphatic heterocycles. The SMILES string of the molecule is CC(C)c1ccc(Nc2ncnc(Oc3cccnc3)c2N)cc1. The quantitative estimate of drug-likeness (QED) is 0.735. The van der Waals surface area contributed by atoms with Crippen LogP contribution in [-0.4, -0.2) is 15.0 Å². The summed E-state index contributed by atoms with van der Waals surface area (Å²) >= 11 is 0. The third kappa shape index (κ3) is 3.60. The molecule has 2 aromatic heterocycles. The van der Waals surface area contributed by atoms with Gasteiger partial charge in [-0.25, -0.2) is 4.98 Å². The van der Waals surface area contributed by atoms with E-state index in [9.17, 15) is 0 Å². The van der Waals surface area contributed by atoms with Crippen molar-refractivity contribution in [1.82, 2.24) is 15.0 Å². The van der Waals surface area contributed by atoms with Crippen molar-refractivity contribution in [2.45, 2.75) is 19.8 Å². The van der Waals surface area contributed by atoms with E-state index in [4.69, 9.17) is 10.5 Å². The predicted molar refractivity (Wildman–Crippen MR) is 94.6 cm³/mol. The Balaban J connectivity index is 1.80. The zero-order valence-electron chi connectivity index (χ0n) is 13.6. The van der Waals surface area contributed by atoms with Crippen molar-refractivity contribution in [2.24, 2.45) is 0 Å². The summed E-state index contributed by atoms with van der Waals surface area (Å²) in [5, 5.41) is 3.19. The van der Waals surface area contributed by atoms with Crippen molar-refractivity contribution >= 4 is 17.2 Å². The maximum absolute atomic E-state index is 6.12. The minimum Gasteiger partial charge on any atom is -0.435 e. The predicted octanol–water partition coefficient (Wildman–Crippen LogP) is 4.11. The van der Waals surface area contributed by atoms with Gasteiger partial charge < -0.3 is 15.8 Å². The Morgan fingerprint density at radius 2 is 1.88 bits per heavy atom. The highest BCUT2D eigenvalue weighted by molar-refractivity contribution is 5.72. The molecular formula is C18H19N5O. The number of nitrogens with one attached hydrogen (secondary N) is 1. The fourth-order valence-electron chi connectivity index (χ4n) is 2.17. The lowest BCUT2D eigenvalue weighted by molar-refractivity contribution is 0.462. The van der Waals surface area contributed by atoms with E-state index in [1.54, 1.807) is 24.5 Å². The molecule has 0 bridgehead atoms. The van der Waals surface area contributed by atoms with Crippen molar-refractivity contribution in [3.05, 3.63) is 60.7 Å². The monoisotopic (exact) mass is 321 g/mol. The number of rotatable bonds is 5. The first-order valence-electron chi connectivity index (χ1n) is 7.69. The molecule has 0 aliphatic carbocycles. The summed E-state index contributed by atoms with van der Waals surface area (Å²) < 4.78 is 5.66. The first-order valence-corrected chi connectivity index (χ1v) is 7.69. The molecule has 0 saturated carbocycles. The van der Waals surface area contributed by atoms with Crippen LogP contribution in [0.2, 0.25) is 0 Å². The average Bonchev–Trinajstić information content (AvgIpc) is 2.60. The Kier molecular flexibility index (Phi) is 4.56. The summed E-state index contributed by atoms with van der Waals surface area (Å²) in [6.45, 7) is 4.32. The molecule has 0 unspecified atom stereocenters. The minimum atomic E-state index is 0.291. The molecule has 0 amide bonds. The number of hydrogen-bond donors (Lipinski definition) is 2. The number of aromatic nitrogens is 3. The van der Waals surface area contributed by atoms with E-state index in [0.717, 1.165) is 5.69 Å². The van der Waals surface area contributed by atoms with Crippen molar-refractivity contribution in [3.63, 3.8) is 0 Å². The van der Waals surface area contributed by atoms with Crippen LogP contribution in [0.5, 0.6) is 11.6 Å². The number of nitrogens with zero attached hydrogens (tertiary/aromatic N) is 3. The van der Waals surface area contributed by atoms with Crippen molar-refractivity contribution < 1.29 is 4.74 Å². The second-order valence-corrected chi connectivity index (χ2v) is 5.63. The van der Waals surface area contributed by atoms with E-state index in [-0.39, 0.29) is 0 Å². The van der Waals surface area contributed by atoms with Gasteiger partial charge in [0.2, 0.25) is 5.88 Å². The van der Waals surface area contributed by atoms with Gasteiger partial charge in [0.05, 0.1) is 6.20 Å². The molecule has 0 atom stereocenters. The Hall–Kier alpha value is -3.15. The van der Waals surface area contributed by atoms with Crippen LogP contribution in [-0.2, 0) is 0 Å². The van der Waals surface area contributed by atoms with Gasteiger partial charge in [-0.2, -0.15) is 4.98 Å². The van der Waals surface area contributed by atoms with E-state index >= 15 is 0 Å². The Labute approximate surface area is 140 Å². The van der Waals surface area contributed by atoms with Crippen LogP contribution < -0.4 is 15.8 Å². The lowest BCUT2D eigenvalue weighted by Crippen LogP contribution is -2.03. The molecule has 3 N–H and O–H groups in total. The Morgan fingerprint density at radius 3 is 2.54 bits per heavy atom. The second kappa shape index (κ2) is 6.95. The molecule has 1 aromatic carbocycles. The first kappa shape index (κ1) is 15.7. The number of nitrogen functional groups attached to an aromatic ring is 1. The topological polar surface area (TPSA) is 86.0 Å². The van der Waals surface area contributed by atoms with E-state index in [0.29, 0.717) is 29.1 Å². The smallest absolute Gasteiger partial charge is 0.248 e. The standard InChI is InChI=1S/C18H19N5O/c1-12(2)13-5-7-14(8-6-13)23-17-16(19)18(22-11-21-17)24-15-4-3-9-20-10-15/h3-12H,19H2,1-2H3,(H,21,22,23). The zero-order chi connectivity index (χ0) is 16.9. The third-order valence-electron chi connectivity index (χ3n) is 3.54. The Morgan fingerprint density at radius 1 is 1.08 bits per heavy atom. The van der Waals surface area contributed by atoms with Gasteiger partial charge in [-0.3, -0.25) is 4.98 Å². The van der Waals surface area contributed by atoms with Crippen LogP contribution in [0.4, 0.5) is 17.2 Å². The van der Waals surface area contributed by atoms with Crippen LogP contribution in [0.25, 0.3) is 0 Å². The summed E-state index contributed by atoms with van der Waals surface area (Å²) in [6.07, 6.45) is 4.68. The molecule has 6 heteroatoms. The fourth-order valence-corrected chi connectivity index (χ4v) is 2.17. The summed E-state index contributed by atoms with van der Waals surface area (Å²) in [4.78, 5) is 12.3. The number of hydrogen-bond acceptors (Lipinski definition) is 6. The molecule has 122 valence electrons. The van der Waals surface area contributed by atoms with Crippen molar-refractivity contribution in [1.29, 1.82) is 0 Å². The van der Waals surface area contributed by atoms with Gasteiger partial charge in [0, 0.05) is 11.9 Å². The summed E-state index contributed by atoms with van der Waals surface area (Å²) in [5.74, 6) is 1.85. The lowest BCUT2D eigenvalue weighted by Gasteiger charge is -2.12. The largest absolute Gasteiger partial charge is 0.435 e. The average molecular weight is 321 g/mol.